The van der Waals surface area contributed by atoms with Gasteiger partial charge in [-0.05, 0) is 38.4 Å². The third kappa shape index (κ3) is 5.01. The number of nitrogens with zero attached hydrogens (tertiary/aromatic N) is 1. The van der Waals surface area contributed by atoms with Crippen LogP contribution in [0.4, 0.5) is 0 Å². The Morgan fingerprint density at radius 3 is 2.29 bits per heavy atom. The minimum absolute atomic E-state index is 0. The van der Waals surface area contributed by atoms with Gasteiger partial charge in [0.05, 0.1) is 6.04 Å². The standard InChI is InChI=1S/C17H26N2O.ClH/c1-13(2)17(20)18-12-16(19-10-4-5-11-19)15-8-6-14(3)7-9-15;/h6-9,13,16H,4-5,10-12H2,1-3H3,(H,18,20);1H. The first-order valence-corrected chi connectivity index (χ1v) is 7.66. The number of hydrogen-bond acceptors (Lipinski definition) is 2. The summed E-state index contributed by atoms with van der Waals surface area (Å²) < 4.78 is 0. The molecule has 2 rings (SSSR count). The summed E-state index contributed by atoms with van der Waals surface area (Å²) in [7, 11) is 0. The summed E-state index contributed by atoms with van der Waals surface area (Å²) in [6.07, 6.45) is 2.53. The lowest BCUT2D eigenvalue weighted by molar-refractivity contribution is -0.124. The van der Waals surface area contributed by atoms with E-state index in [1.165, 1.54) is 24.0 Å². The number of benzene rings is 1. The maximum atomic E-state index is 11.8. The van der Waals surface area contributed by atoms with Crippen molar-refractivity contribution in [1.82, 2.24) is 10.2 Å². The van der Waals surface area contributed by atoms with Gasteiger partial charge in [0.25, 0.3) is 0 Å². The number of rotatable bonds is 5. The second-order valence-electron chi connectivity index (χ2n) is 6.07. The van der Waals surface area contributed by atoms with Crippen LogP contribution in [0.15, 0.2) is 24.3 Å². The van der Waals surface area contributed by atoms with E-state index in [-0.39, 0.29) is 24.2 Å². The van der Waals surface area contributed by atoms with Crippen molar-refractivity contribution in [2.45, 2.75) is 39.7 Å². The van der Waals surface area contributed by atoms with Crippen LogP contribution < -0.4 is 5.32 Å². The minimum atomic E-state index is 0. The number of hydrogen-bond donors (Lipinski definition) is 1. The van der Waals surface area contributed by atoms with E-state index < -0.39 is 0 Å². The molecule has 1 aromatic carbocycles. The van der Waals surface area contributed by atoms with Crippen molar-refractivity contribution in [3.63, 3.8) is 0 Å². The summed E-state index contributed by atoms with van der Waals surface area (Å²) in [4.78, 5) is 14.3. The molecule has 1 N–H and O–H groups in total. The van der Waals surface area contributed by atoms with E-state index >= 15 is 0 Å². The number of carbonyl (C=O) groups excluding carboxylic acids is 1. The Kier molecular flexibility index (Phi) is 7.20. The molecule has 4 heteroatoms. The zero-order chi connectivity index (χ0) is 14.5. The molecule has 21 heavy (non-hydrogen) atoms. The Balaban J connectivity index is 0.00000220. The van der Waals surface area contributed by atoms with Crippen molar-refractivity contribution in [2.24, 2.45) is 5.92 Å². The second-order valence-corrected chi connectivity index (χ2v) is 6.07. The van der Waals surface area contributed by atoms with Gasteiger partial charge in [0.1, 0.15) is 0 Å². The van der Waals surface area contributed by atoms with Crippen LogP contribution in [0.1, 0.15) is 43.9 Å². The number of aryl methyl sites for hydroxylation is 1. The van der Waals surface area contributed by atoms with Crippen LogP contribution in [0, 0.1) is 12.8 Å². The smallest absolute Gasteiger partial charge is 0.222 e. The minimum Gasteiger partial charge on any atom is -0.354 e. The third-order valence-electron chi connectivity index (χ3n) is 4.04. The topological polar surface area (TPSA) is 32.3 Å². The normalized spacial score (nSPS) is 16.6. The Labute approximate surface area is 134 Å². The summed E-state index contributed by atoms with van der Waals surface area (Å²) in [6, 6.07) is 9.01. The van der Waals surface area contributed by atoms with Crippen LogP contribution in [0.25, 0.3) is 0 Å². The quantitative estimate of drug-likeness (QED) is 0.905. The molecule has 0 aromatic heterocycles. The van der Waals surface area contributed by atoms with Gasteiger partial charge >= 0.3 is 0 Å². The average molecular weight is 311 g/mol. The predicted molar refractivity (Wildman–Crippen MR) is 89.8 cm³/mol. The van der Waals surface area contributed by atoms with Crippen LogP contribution in [-0.4, -0.2) is 30.4 Å². The molecule has 3 nitrogen and oxygen atoms in total. The molecule has 0 aliphatic carbocycles. The van der Waals surface area contributed by atoms with E-state index in [0.717, 1.165) is 13.1 Å². The van der Waals surface area contributed by atoms with E-state index in [1.54, 1.807) is 0 Å². The highest BCUT2D eigenvalue weighted by atomic mass is 35.5. The third-order valence-corrected chi connectivity index (χ3v) is 4.04. The lowest BCUT2D eigenvalue weighted by Gasteiger charge is -2.28. The van der Waals surface area contributed by atoms with Crippen molar-refractivity contribution in [2.75, 3.05) is 19.6 Å². The van der Waals surface area contributed by atoms with Gasteiger partial charge in [0.15, 0.2) is 0 Å². The monoisotopic (exact) mass is 310 g/mol. The fourth-order valence-electron chi connectivity index (χ4n) is 2.70. The van der Waals surface area contributed by atoms with E-state index in [2.05, 4.69) is 41.4 Å². The largest absolute Gasteiger partial charge is 0.354 e. The fraction of sp³-hybridized carbons (Fsp3) is 0.588. The molecule has 118 valence electrons. The molecular weight excluding hydrogens is 284 g/mol. The molecule has 0 spiro atoms. The van der Waals surface area contributed by atoms with Crippen molar-refractivity contribution < 1.29 is 4.79 Å². The first-order valence-electron chi connectivity index (χ1n) is 7.66. The molecule has 1 atom stereocenters. The molecule has 0 bridgehead atoms. The predicted octanol–water partition coefficient (Wildman–Crippen LogP) is 3.33. The van der Waals surface area contributed by atoms with E-state index in [0.29, 0.717) is 12.6 Å². The summed E-state index contributed by atoms with van der Waals surface area (Å²) in [5.41, 5.74) is 2.58. The van der Waals surface area contributed by atoms with Gasteiger partial charge in [-0.1, -0.05) is 43.7 Å². The number of carbonyl (C=O) groups is 1. The molecule has 1 saturated heterocycles. The average Bonchev–Trinajstić information content (AvgIpc) is 2.94. The van der Waals surface area contributed by atoms with Crippen LogP contribution in [0.5, 0.6) is 0 Å². The summed E-state index contributed by atoms with van der Waals surface area (Å²) in [5, 5.41) is 3.09. The van der Waals surface area contributed by atoms with Crippen molar-refractivity contribution in [3.05, 3.63) is 35.4 Å². The lowest BCUT2D eigenvalue weighted by Crippen LogP contribution is -2.38. The maximum Gasteiger partial charge on any atom is 0.222 e. The Morgan fingerprint density at radius 1 is 1.19 bits per heavy atom. The molecule has 1 aromatic rings. The van der Waals surface area contributed by atoms with Crippen LogP contribution in [0.2, 0.25) is 0 Å². The van der Waals surface area contributed by atoms with Gasteiger partial charge in [-0.15, -0.1) is 12.4 Å². The van der Waals surface area contributed by atoms with Crippen molar-refractivity contribution in [3.8, 4) is 0 Å². The second kappa shape index (κ2) is 8.40. The lowest BCUT2D eigenvalue weighted by atomic mass is 10.0. The number of likely N-dealkylation sites (tertiary alicyclic amines) is 1. The highest BCUT2D eigenvalue weighted by Gasteiger charge is 2.24. The highest BCUT2D eigenvalue weighted by Crippen LogP contribution is 2.24. The van der Waals surface area contributed by atoms with E-state index in [1.807, 2.05) is 13.8 Å². The molecule has 1 heterocycles. The zero-order valence-corrected chi connectivity index (χ0v) is 14.1. The first-order chi connectivity index (χ1) is 9.58. The van der Waals surface area contributed by atoms with Crippen LogP contribution in [0.3, 0.4) is 0 Å². The van der Waals surface area contributed by atoms with E-state index in [9.17, 15) is 4.79 Å². The van der Waals surface area contributed by atoms with Gasteiger partial charge in [-0.2, -0.15) is 0 Å². The summed E-state index contributed by atoms with van der Waals surface area (Å²) in [5.74, 6) is 0.188. The Hall–Kier alpha value is -1.06. The molecule has 1 aliphatic rings. The fourth-order valence-corrected chi connectivity index (χ4v) is 2.70. The van der Waals surface area contributed by atoms with Crippen molar-refractivity contribution in [1.29, 1.82) is 0 Å². The summed E-state index contributed by atoms with van der Waals surface area (Å²) >= 11 is 0. The molecule has 1 aliphatic heterocycles. The SMILES string of the molecule is Cc1ccc(C(CNC(=O)C(C)C)N2CCCC2)cc1.Cl. The van der Waals surface area contributed by atoms with Gasteiger partial charge in [0.2, 0.25) is 5.91 Å². The molecule has 0 saturated carbocycles. The van der Waals surface area contributed by atoms with Crippen molar-refractivity contribution >= 4 is 18.3 Å². The highest BCUT2D eigenvalue weighted by molar-refractivity contribution is 5.85. The first kappa shape index (κ1) is 18.0. The number of amides is 1. The summed E-state index contributed by atoms with van der Waals surface area (Å²) in [6.45, 7) is 8.96. The molecule has 0 radical (unpaired) electrons. The van der Waals surface area contributed by atoms with Gasteiger partial charge in [0, 0.05) is 12.5 Å². The van der Waals surface area contributed by atoms with Gasteiger partial charge in [-0.3, -0.25) is 9.69 Å². The van der Waals surface area contributed by atoms with Gasteiger partial charge in [-0.25, -0.2) is 0 Å². The number of halogens is 1. The number of nitrogens with one attached hydrogen (secondary N) is 1. The zero-order valence-electron chi connectivity index (χ0n) is 13.3. The molecule has 1 unspecified atom stereocenters. The van der Waals surface area contributed by atoms with Crippen LogP contribution >= 0.6 is 12.4 Å². The molecule has 1 fully saturated rings. The molecular formula is C17H27ClN2O. The maximum absolute atomic E-state index is 11.8. The Morgan fingerprint density at radius 2 is 1.76 bits per heavy atom. The van der Waals surface area contributed by atoms with Gasteiger partial charge < -0.3 is 5.32 Å². The van der Waals surface area contributed by atoms with E-state index in [4.69, 9.17) is 0 Å². The van der Waals surface area contributed by atoms with Crippen LogP contribution in [-0.2, 0) is 4.79 Å². The molecule has 1 amide bonds. The Bertz CT molecular complexity index is 439.